The van der Waals surface area contributed by atoms with Crippen LogP contribution in [0.4, 0.5) is 0 Å². The van der Waals surface area contributed by atoms with Crippen molar-refractivity contribution in [3.63, 3.8) is 0 Å². The van der Waals surface area contributed by atoms with E-state index in [0.29, 0.717) is 12.0 Å². The smallest absolute Gasteiger partial charge is 0.323 e. The van der Waals surface area contributed by atoms with E-state index in [1.54, 1.807) is 0 Å². The van der Waals surface area contributed by atoms with E-state index in [9.17, 15) is 4.79 Å². The number of hydrogen-bond acceptors (Lipinski definition) is 3. The second-order valence-corrected chi connectivity index (χ2v) is 5.66. The van der Waals surface area contributed by atoms with E-state index in [-0.39, 0.29) is 12.0 Å². The summed E-state index contributed by atoms with van der Waals surface area (Å²) in [7, 11) is 1.49. The van der Waals surface area contributed by atoms with Gasteiger partial charge in [-0.2, -0.15) is 0 Å². The van der Waals surface area contributed by atoms with Gasteiger partial charge in [0.2, 0.25) is 0 Å². The van der Waals surface area contributed by atoms with Gasteiger partial charge in [-0.15, -0.1) is 6.58 Å². The molecule has 0 bridgehead atoms. The summed E-state index contributed by atoms with van der Waals surface area (Å²) in [6, 6.07) is 0.254. The monoisotopic (exact) mass is 291 g/mol. The van der Waals surface area contributed by atoms with Crippen molar-refractivity contribution in [2.24, 2.45) is 5.92 Å². The van der Waals surface area contributed by atoms with E-state index in [4.69, 9.17) is 4.74 Å². The third-order valence-electron chi connectivity index (χ3n) is 4.23. The third-order valence-corrected chi connectivity index (χ3v) is 4.23. The fraction of sp³-hybridized carbons (Fsp3) is 0.611. The maximum absolute atomic E-state index is 12.2. The Morgan fingerprint density at radius 3 is 2.86 bits per heavy atom. The Hall–Kier alpha value is -1.35. The average Bonchev–Trinajstić information content (AvgIpc) is 2.92. The molecule has 1 aliphatic rings. The standard InChI is InChI=1S/C18H29NO2/c1-5-7-9-10-11-15(3)19-14-13-16(12-8-6-2)17(19)18(20)21-4/h5-7,9-10,15-17H,2,8,11-14H2,1,3-4H3/b7-5-,10-9-/t15-,16?,17?/m0/s1. The first-order valence-electron chi connectivity index (χ1n) is 7.88. The zero-order chi connectivity index (χ0) is 15.7. The molecule has 21 heavy (non-hydrogen) atoms. The van der Waals surface area contributed by atoms with E-state index < -0.39 is 0 Å². The Morgan fingerprint density at radius 1 is 1.48 bits per heavy atom. The quantitative estimate of drug-likeness (QED) is 0.388. The van der Waals surface area contributed by atoms with Crippen LogP contribution in [0.3, 0.4) is 0 Å². The molecule has 1 saturated heterocycles. The van der Waals surface area contributed by atoms with Gasteiger partial charge in [0.05, 0.1) is 7.11 Å². The number of rotatable bonds is 8. The van der Waals surface area contributed by atoms with Crippen LogP contribution in [0.2, 0.25) is 0 Å². The number of ether oxygens (including phenoxy) is 1. The van der Waals surface area contributed by atoms with Gasteiger partial charge in [0.25, 0.3) is 0 Å². The Bertz CT molecular complexity index is 387. The molecule has 1 fully saturated rings. The summed E-state index contributed by atoms with van der Waals surface area (Å²) in [5, 5.41) is 0. The van der Waals surface area contributed by atoms with Crippen molar-refractivity contribution < 1.29 is 9.53 Å². The zero-order valence-electron chi connectivity index (χ0n) is 13.6. The van der Waals surface area contributed by atoms with E-state index in [0.717, 1.165) is 32.2 Å². The first kappa shape index (κ1) is 17.7. The highest BCUT2D eigenvalue weighted by atomic mass is 16.5. The van der Waals surface area contributed by atoms with Gasteiger partial charge in [0.1, 0.15) is 6.04 Å². The van der Waals surface area contributed by atoms with Crippen LogP contribution in [0.15, 0.2) is 37.0 Å². The molecule has 118 valence electrons. The summed E-state index contributed by atoms with van der Waals surface area (Å²) in [6.07, 6.45) is 14.2. The summed E-state index contributed by atoms with van der Waals surface area (Å²) in [5.74, 6) is 0.295. The normalized spacial score (nSPS) is 24.7. The second kappa shape index (κ2) is 9.56. The van der Waals surface area contributed by atoms with Crippen LogP contribution in [-0.4, -0.2) is 36.6 Å². The van der Waals surface area contributed by atoms with Gasteiger partial charge >= 0.3 is 5.97 Å². The van der Waals surface area contributed by atoms with E-state index >= 15 is 0 Å². The maximum Gasteiger partial charge on any atom is 0.323 e. The van der Waals surface area contributed by atoms with Gasteiger partial charge in [0, 0.05) is 6.04 Å². The summed E-state index contributed by atoms with van der Waals surface area (Å²) in [4.78, 5) is 14.5. The van der Waals surface area contributed by atoms with Crippen molar-refractivity contribution in [3.8, 4) is 0 Å². The van der Waals surface area contributed by atoms with E-state index in [2.05, 4.69) is 30.6 Å². The molecule has 0 aromatic carbocycles. The molecule has 1 aliphatic heterocycles. The lowest BCUT2D eigenvalue weighted by Crippen LogP contribution is -2.45. The summed E-state index contributed by atoms with van der Waals surface area (Å²) in [5.41, 5.74) is 0. The van der Waals surface area contributed by atoms with E-state index in [1.165, 1.54) is 7.11 Å². The van der Waals surface area contributed by atoms with Crippen LogP contribution in [0.1, 0.15) is 39.5 Å². The molecule has 2 unspecified atom stereocenters. The van der Waals surface area contributed by atoms with Gasteiger partial charge in [-0.3, -0.25) is 9.69 Å². The molecule has 0 N–H and O–H groups in total. The Morgan fingerprint density at radius 2 is 2.24 bits per heavy atom. The number of carbonyl (C=O) groups is 1. The molecule has 0 aromatic rings. The third kappa shape index (κ3) is 5.16. The van der Waals surface area contributed by atoms with Gasteiger partial charge < -0.3 is 4.74 Å². The van der Waals surface area contributed by atoms with Crippen molar-refractivity contribution in [2.45, 2.75) is 51.6 Å². The molecule has 0 saturated carbocycles. The average molecular weight is 291 g/mol. The van der Waals surface area contributed by atoms with Gasteiger partial charge in [-0.1, -0.05) is 30.4 Å². The minimum absolute atomic E-state index is 0.0918. The van der Waals surface area contributed by atoms with Crippen LogP contribution in [0, 0.1) is 5.92 Å². The zero-order valence-corrected chi connectivity index (χ0v) is 13.6. The van der Waals surface area contributed by atoms with Crippen molar-refractivity contribution in [2.75, 3.05) is 13.7 Å². The van der Waals surface area contributed by atoms with Crippen LogP contribution in [0.5, 0.6) is 0 Å². The SMILES string of the molecule is C=CCCC1CCN([C@@H](C)C/C=C\C=C/C)C1C(=O)OC. The molecule has 3 atom stereocenters. The van der Waals surface area contributed by atoms with Crippen molar-refractivity contribution in [1.82, 2.24) is 4.90 Å². The molecular formula is C18H29NO2. The highest BCUT2D eigenvalue weighted by Gasteiger charge is 2.41. The Labute approximate surface area is 129 Å². The van der Waals surface area contributed by atoms with Crippen molar-refractivity contribution in [1.29, 1.82) is 0 Å². The highest BCUT2D eigenvalue weighted by Crippen LogP contribution is 2.31. The molecule has 0 aromatic heterocycles. The minimum Gasteiger partial charge on any atom is -0.468 e. The maximum atomic E-state index is 12.2. The van der Waals surface area contributed by atoms with E-state index in [1.807, 2.05) is 25.2 Å². The van der Waals surface area contributed by atoms with Crippen molar-refractivity contribution >= 4 is 5.97 Å². The number of nitrogens with zero attached hydrogens (tertiary/aromatic N) is 1. The van der Waals surface area contributed by atoms with Crippen molar-refractivity contribution in [3.05, 3.63) is 37.0 Å². The predicted octanol–water partition coefficient (Wildman–Crippen LogP) is 3.73. The fourth-order valence-corrected chi connectivity index (χ4v) is 3.06. The van der Waals surface area contributed by atoms with Crippen LogP contribution >= 0.6 is 0 Å². The minimum atomic E-state index is -0.0972. The number of allylic oxidation sites excluding steroid dienone is 4. The van der Waals surface area contributed by atoms with Crippen LogP contribution in [-0.2, 0) is 9.53 Å². The number of methoxy groups -OCH3 is 1. The molecule has 0 spiro atoms. The Balaban J connectivity index is 2.70. The highest BCUT2D eigenvalue weighted by molar-refractivity contribution is 5.76. The van der Waals surface area contributed by atoms with Crippen LogP contribution in [0.25, 0.3) is 0 Å². The number of likely N-dealkylation sites (tertiary alicyclic amines) is 1. The number of carbonyl (C=O) groups excluding carboxylic acids is 1. The van der Waals surface area contributed by atoms with Gasteiger partial charge in [-0.25, -0.2) is 0 Å². The molecule has 0 amide bonds. The first-order chi connectivity index (χ1) is 10.2. The molecule has 3 nitrogen and oxygen atoms in total. The molecule has 1 rings (SSSR count). The lowest BCUT2D eigenvalue weighted by molar-refractivity contribution is -0.148. The molecule has 0 aliphatic carbocycles. The second-order valence-electron chi connectivity index (χ2n) is 5.66. The first-order valence-corrected chi connectivity index (χ1v) is 7.88. The Kier molecular flexibility index (Phi) is 8.06. The molecule has 1 heterocycles. The van der Waals surface area contributed by atoms with Gasteiger partial charge in [0.15, 0.2) is 0 Å². The summed E-state index contributed by atoms with van der Waals surface area (Å²) < 4.78 is 5.03. The molecule has 3 heteroatoms. The molecular weight excluding hydrogens is 262 g/mol. The molecule has 0 radical (unpaired) electrons. The van der Waals surface area contributed by atoms with Gasteiger partial charge in [-0.05, 0) is 52.0 Å². The lowest BCUT2D eigenvalue weighted by atomic mass is 9.94. The number of esters is 1. The largest absolute Gasteiger partial charge is 0.468 e. The lowest BCUT2D eigenvalue weighted by Gasteiger charge is -2.30. The summed E-state index contributed by atoms with van der Waals surface area (Å²) in [6.45, 7) is 8.94. The number of hydrogen-bond donors (Lipinski definition) is 0. The predicted molar refractivity (Wildman–Crippen MR) is 88.1 cm³/mol. The topological polar surface area (TPSA) is 29.5 Å². The fourth-order valence-electron chi connectivity index (χ4n) is 3.06. The summed E-state index contributed by atoms with van der Waals surface area (Å²) >= 11 is 0. The van der Waals surface area contributed by atoms with Crippen LogP contribution < -0.4 is 0 Å².